The Morgan fingerprint density at radius 1 is 1.33 bits per heavy atom. The number of carboxylic acid groups (broad SMARTS) is 1. The Balaban J connectivity index is 2.99. The van der Waals surface area contributed by atoms with Gasteiger partial charge < -0.3 is 10.4 Å². The van der Waals surface area contributed by atoms with E-state index in [0.717, 1.165) is 5.56 Å². The van der Waals surface area contributed by atoms with Crippen LogP contribution in [-0.4, -0.2) is 28.9 Å². The lowest BCUT2D eigenvalue weighted by Gasteiger charge is -2.26. The standard InChI is InChI=1S/C14H21NO2S/c1-4-15-12(14(16)17)13(18-10(2)3)11-8-6-5-7-9-11/h5-10,12-13,15H,4H2,1-3H3,(H,16,17). The van der Waals surface area contributed by atoms with E-state index in [-0.39, 0.29) is 5.25 Å². The van der Waals surface area contributed by atoms with E-state index >= 15 is 0 Å². The molecule has 0 aliphatic carbocycles. The second kappa shape index (κ2) is 7.44. The van der Waals surface area contributed by atoms with Crippen LogP contribution >= 0.6 is 11.8 Å². The molecule has 0 aliphatic heterocycles. The van der Waals surface area contributed by atoms with Crippen molar-refractivity contribution in [3.8, 4) is 0 Å². The third-order valence-corrected chi connectivity index (χ3v) is 3.92. The zero-order valence-corrected chi connectivity index (χ0v) is 11.9. The highest BCUT2D eigenvalue weighted by Gasteiger charge is 2.29. The van der Waals surface area contributed by atoms with Gasteiger partial charge in [-0.25, -0.2) is 0 Å². The summed E-state index contributed by atoms with van der Waals surface area (Å²) in [6.07, 6.45) is 0. The van der Waals surface area contributed by atoms with Crippen molar-refractivity contribution in [2.45, 2.75) is 37.3 Å². The number of rotatable bonds is 7. The van der Waals surface area contributed by atoms with Gasteiger partial charge in [0.25, 0.3) is 0 Å². The minimum atomic E-state index is -0.793. The average molecular weight is 267 g/mol. The van der Waals surface area contributed by atoms with Crippen molar-refractivity contribution < 1.29 is 9.90 Å². The minimum Gasteiger partial charge on any atom is -0.480 e. The normalized spacial score (nSPS) is 14.4. The fourth-order valence-electron chi connectivity index (χ4n) is 1.83. The van der Waals surface area contributed by atoms with Gasteiger partial charge in [-0.1, -0.05) is 51.1 Å². The zero-order valence-electron chi connectivity index (χ0n) is 11.1. The highest BCUT2D eigenvalue weighted by Crippen LogP contribution is 2.35. The molecule has 2 atom stereocenters. The second-order valence-electron chi connectivity index (χ2n) is 4.39. The van der Waals surface area contributed by atoms with E-state index in [1.807, 2.05) is 37.3 Å². The topological polar surface area (TPSA) is 49.3 Å². The van der Waals surface area contributed by atoms with E-state index < -0.39 is 12.0 Å². The van der Waals surface area contributed by atoms with Gasteiger partial charge in [-0.15, -0.1) is 11.8 Å². The molecule has 1 rings (SSSR count). The summed E-state index contributed by atoms with van der Waals surface area (Å²) in [7, 11) is 0. The number of benzene rings is 1. The van der Waals surface area contributed by atoms with Gasteiger partial charge >= 0.3 is 5.97 Å². The van der Waals surface area contributed by atoms with Crippen LogP contribution in [-0.2, 0) is 4.79 Å². The molecule has 2 N–H and O–H groups in total. The fourth-order valence-corrected chi connectivity index (χ4v) is 3.10. The van der Waals surface area contributed by atoms with Crippen LogP contribution in [0.1, 0.15) is 31.6 Å². The molecule has 4 heteroatoms. The molecule has 0 saturated carbocycles. The largest absolute Gasteiger partial charge is 0.480 e. The van der Waals surface area contributed by atoms with Crippen LogP contribution < -0.4 is 5.32 Å². The van der Waals surface area contributed by atoms with Gasteiger partial charge in [-0.05, 0) is 17.4 Å². The lowest BCUT2D eigenvalue weighted by atomic mass is 10.1. The molecule has 0 fully saturated rings. The Kier molecular flexibility index (Phi) is 6.22. The van der Waals surface area contributed by atoms with Crippen molar-refractivity contribution >= 4 is 17.7 Å². The molecule has 0 amide bonds. The van der Waals surface area contributed by atoms with Crippen LogP contribution in [0.3, 0.4) is 0 Å². The van der Waals surface area contributed by atoms with Crippen molar-refractivity contribution in [3.63, 3.8) is 0 Å². The summed E-state index contributed by atoms with van der Waals surface area (Å²) in [5.41, 5.74) is 1.06. The third-order valence-electron chi connectivity index (χ3n) is 2.54. The molecule has 1 aromatic rings. The SMILES string of the molecule is CCNC(C(=O)O)C(SC(C)C)c1ccccc1. The lowest BCUT2D eigenvalue weighted by Crippen LogP contribution is -2.41. The van der Waals surface area contributed by atoms with Gasteiger partial charge in [0.05, 0.1) is 5.25 Å². The Bertz CT molecular complexity index is 367. The first-order valence-corrected chi connectivity index (χ1v) is 7.17. The molecule has 18 heavy (non-hydrogen) atoms. The predicted molar refractivity (Wildman–Crippen MR) is 77.0 cm³/mol. The van der Waals surface area contributed by atoms with E-state index in [4.69, 9.17) is 0 Å². The van der Waals surface area contributed by atoms with E-state index in [9.17, 15) is 9.90 Å². The Hall–Kier alpha value is -1.00. The number of carboxylic acids is 1. The van der Waals surface area contributed by atoms with Crippen molar-refractivity contribution in [2.75, 3.05) is 6.54 Å². The number of likely N-dealkylation sites (N-methyl/N-ethyl adjacent to an activating group) is 1. The van der Waals surface area contributed by atoms with Crippen LogP contribution in [0.4, 0.5) is 0 Å². The molecule has 100 valence electrons. The summed E-state index contributed by atoms with van der Waals surface area (Å²) in [6.45, 7) is 6.76. The van der Waals surface area contributed by atoms with Crippen LogP contribution in [0.2, 0.25) is 0 Å². The average Bonchev–Trinajstić information content (AvgIpc) is 2.34. The molecule has 0 radical (unpaired) electrons. The third kappa shape index (κ3) is 4.35. The molecule has 0 saturated heterocycles. The summed E-state index contributed by atoms with van der Waals surface area (Å²) in [4.78, 5) is 11.4. The molecule has 0 heterocycles. The zero-order chi connectivity index (χ0) is 13.5. The van der Waals surface area contributed by atoms with Gasteiger partial charge in [-0.2, -0.15) is 0 Å². The summed E-state index contributed by atoms with van der Waals surface area (Å²) in [5, 5.41) is 12.8. The molecular formula is C14H21NO2S. The molecule has 1 aromatic carbocycles. The maximum Gasteiger partial charge on any atom is 0.322 e. The number of carbonyl (C=O) groups is 1. The van der Waals surface area contributed by atoms with Crippen LogP contribution in [0.25, 0.3) is 0 Å². The summed E-state index contributed by atoms with van der Waals surface area (Å²) < 4.78 is 0. The number of aliphatic carboxylic acids is 1. The van der Waals surface area contributed by atoms with Crippen molar-refractivity contribution in [3.05, 3.63) is 35.9 Å². The van der Waals surface area contributed by atoms with Crippen molar-refractivity contribution in [1.82, 2.24) is 5.32 Å². The van der Waals surface area contributed by atoms with Gasteiger partial charge in [0, 0.05) is 0 Å². The minimum absolute atomic E-state index is 0.0661. The van der Waals surface area contributed by atoms with Gasteiger partial charge in [0.2, 0.25) is 0 Å². The maximum atomic E-state index is 11.4. The molecule has 2 unspecified atom stereocenters. The fraction of sp³-hybridized carbons (Fsp3) is 0.500. The molecule has 0 aliphatic rings. The number of hydrogen-bond acceptors (Lipinski definition) is 3. The molecule has 0 spiro atoms. The molecule has 0 aromatic heterocycles. The van der Waals surface area contributed by atoms with E-state index in [1.54, 1.807) is 11.8 Å². The van der Waals surface area contributed by atoms with Gasteiger partial charge in [-0.3, -0.25) is 4.79 Å². The number of thioether (sulfide) groups is 1. The van der Waals surface area contributed by atoms with Crippen molar-refractivity contribution in [2.24, 2.45) is 0 Å². The quantitative estimate of drug-likeness (QED) is 0.797. The molecule has 0 bridgehead atoms. The Morgan fingerprint density at radius 3 is 2.39 bits per heavy atom. The van der Waals surface area contributed by atoms with Crippen LogP contribution in [0.15, 0.2) is 30.3 Å². The lowest BCUT2D eigenvalue weighted by molar-refractivity contribution is -0.139. The number of nitrogens with one attached hydrogen (secondary N) is 1. The predicted octanol–water partition coefficient (Wildman–Crippen LogP) is 2.93. The highest BCUT2D eigenvalue weighted by atomic mass is 32.2. The first-order chi connectivity index (χ1) is 8.56. The molecule has 3 nitrogen and oxygen atoms in total. The van der Waals surface area contributed by atoms with Crippen LogP contribution in [0.5, 0.6) is 0 Å². The van der Waals surface area contributed by atoms with Crippen molar-refractivity contribution in [1.29, 1.82) is 0 Å². The molecular weight excluding hydrogens is 246 g/mol. The smallest absolute Gasteiger partial charge is 0.322 e. The first-order valence-electron chi connectivity index (χ1n) is 6.22. The van der Waals surface area contributed by atoms with Crippen LogP contribution in [0, 0.1) is 0 Å². The summed E-state index contributed by atoms with van der Waals surface area (Å²) >= 11 is 1.69. The summed E-state index contributed by atoms with van der Waals surface area (Å²) in [5.74, 6) is -0.793. The highest BCUT2D eigenvalue weighted by molar-refractivity contribution is 8.00. The first kappa shape index (κ1) is 15.1. The van der Waals surface area contributed by atoms with E-state index in [2.05, 4.69) is 19.2 Å². The summed E-state index contributed by atoms with van der Waals surface area (Å²) in [6, 6.07) is 9.29. The maximum absolute atomic E-state index is 11.4. The van der Waals surface area contributed by atoms with Gasteiger partial charge in [0.15, 0.2) is 0 Å². The second-order valence-corrected chi connectivity index (χ2v) is 6.11. The monoisotopic (exact) mass is 267 g/mol. The van der Waals surface area contributed by atoms with E-state index in [1.165, 1.54) is 0 Å². The number of hydrogen-bond donors (Lipinski definition) is 2. The van der Waals surface area contributed by atoms with E-state index in [0.29, 0.717) is 11.8 Å². The Morgan fingerprint density at radius 2 is 1.94 bits per heavy atom. The van der Waals surface area contributed by atoms with Gasteiger partial charge in [0.1, 0.15) is 6.04 Å². The Labute approximate surface area is 113 Å².